The van der Waals surface area contributed by atoms with E-state index in [4.69, 9.17) is 32.7 Å². The summed E-state index contributed by atoms with van der Waals surface area (Å²) in [6, 6.07) is 14.2. The number of amides is 2. The van der Waals surface area contributed by atoms with Gasteiger partial charge in [-0.05, 0) is 47.3 Å². The first-order valence-electron chi connectivity index (χ1n) is 10.5. The molecule has 9 heteroatoms. The minimum Gasteiger partial charge on any atom is -0.454 e. The standard InChI is InChI=1S/C25H22Cl2N2O4S/c1-2-9-28(25(31)18-6-7-20(26)21(27)12-18)15-24(30)29(14-19-4-3-10-34-19)13-17-5-8-22-23(11-17)33-16-32-22/h2-8,10-12H,1,9,13-16H2. The molecule has 34 heavy (non-hydrogen) atoms. The van der Waals surface area contributed by atoms with Gasteiger partial charge in [-0.2, -0.15) is 0 Å². The smallest absolute Gasteiger partial charge is 0.254 e. The van der Waals surface area contributed by atoms with Crippen LogP contribution in [0.25, 0.3) is 0 Å². The van der Waals surface area contributed by atoms with Crippen molar-refractivity contribution in [3.05, 3.63) is 92.6 Å². The van der Waals surface area contributed by atoms with Gasteiger partial charge >= 0.3 is 0 Å². The molecule has 0 saturated carbocycles. The van der Waals surface area contributed by atoms with E-state index in [1.165, 1.54) is 11.0 Å². The Hall–Kier alpha value is -3.00. The van der Waals surface area contributed by atoms with Crippen molar-refractivity contribution in [1.82, 2.24) is 9.80 Å². The number of thiophene rings is 1. The fourth-order valence-electron chi connectivity index (χ4n) is 3.53. The first-order valence-corrected chi connectivity index (χ1v) is 12.1. The summed E-state index contributed by atoms with van der Waals surface area (Å²) in [5.74, 6) is 0.820. The molecule has 2 amide bonds. The van der Waals surface area contributed by atoms with E-state index in [1.54, 1.807) is 34.4 Å². The van der Waals surface area contributed by atoms with Crippen LogP contribution >= 0.6 is 34.5 Å². The van der Waals surface area contributed by atoms with E-state index in [2.05, 4.69) is 6.58 Å². The van der Waals surface area contributed by atoms with Crippen LogP contribution in [0.4, 0.5) is 0 Å². The van der Waals surface area contributed by atoms with Gasteiger partial charge in [-0.3, -0.25) is 9.59 Å². The van der Waals surface area contributed by atoms with Crippen molar-refractivity contribution in [1.29, 1.82) is 0 Å². The molecule has 2 aromatic carbocycles. The van der Waals surface area contributed by atoms with E-state index in [0.717, 1.165) is 10.4 Å². The van der Waals surface area contributed by atoms with Crippen molar-refractivity contribution in [2.24, 2.45) is 0 Å². The Kier molecular flexibility index (Phi) is 7.77. The normalized spacial score (nSPS) is 11.8. The van der Waals surface area contributed by atoms with Crippen molar-refractivity contribution < 1.29 is 19.1 Å². The molecule has 176 valence electrons. The maximum absolute atomic E-state index is 13.4. The number of carbonyl (C=O) groups is 2. The molecule has 2 heterocycles. The lowest BCUT2D eigenvalue weighted by Crippen LogP contribution is -2.42. The molecule has 1 aliphatic rings. The third-order valence-corrected chi connectivity index (χ3v) is 6.82. The number of nitrogens with zero attached hydrogens (tertiary/aromatic N) is 2. The van der Waals surface area contributed by atoms with Gasteiger partial charge in [0, 0.05) is 23.5 Å². The third-order valence-electron chi connectivity index (χ3n) is 5.22. The largest absolute Gasteiger partial charge is 0.454 e. The lowest BCUT2D eigenvalue weighted by atomic mass is 10.1. The second kappa shape index (κ2) is 11.0. The average molecular weight is 517 g/mol. The summed E-state index contributed by atoms with van der Waals surface area (Å²) in [7, 11) is 0. The van der Waals surface area contributed by atoms with Crippen LogP contribution in [0.3, 0.4) is 0 Å². The van der Waals surface area contributed by atoms with Crippen LogP contribution < -0.4 is 9.47 Å². The molecule has 0 radical (unpaired) electrons. The second-order valence-corrected chi connectivity index (χ2v) is 9.47. The second-order valence-electron chi connectivity index (χ2n) is 7.62. The Morgan fingerprint density at radius 3 is 2.56 bits per heavy atom. The Morgan fingerprint density at radius 2 is 1.82 bits per heavy atom. The van der Waals surface area contributed by atoms with Crippen molar-refractivity contribution in [2.75, 3.05) is 19.9 Å². The van der Waals surface area contributed by atoms with Crippen LogP contribution in [0, 0.1) is 0 Å². The molecular formula is C25H22Cl2N2O4S. The minimum absolute atomic E-state index is 0.110. The summed E-state index contributed by atoms with van der Waals surface area (Å²) >= 11 is 13.6. The van der Waals surface area contributed by atoms with Crippen molar-refractivity contribution in [3.63, 3.8) is 0 Å². The molecule has 0 N–H and O–H groups in total. The number of halogens is 2. The molecule has 3 aromatic rings. The number of hydrogen-bond acceptors (Lipinski definition) is 5. The zero-order chi connectivity index (χ0) is 24.1. The molecule has 0 bridgehead atoms. The van der Waals surface area contributed by atoms with E-state index in [9.17, 15) is 9.59 Å². The predicted molar refractivity (Wildman–Crippen MR) is 134 cm³/mol. The zero-order valence-corrected chi connectivity index (χ0v) is 20.5. The Morgan fingerprint density at radius 1 is 1.00 bits per heavy atom. The first-order chi connectivity index (χ1) is 16.4. The molecule has 6 nitrogen and oxygen atoms in total. The first kappa shape index (κ1) is 24.1. The number of carbonyl (C=O) groups excluding carboxylic acids is 2. The maximum Gasteiger partial charge on any atom is 0.254 e. The van der Waals surface area contributed by atoms with E-state index >= 15 is 0 Å². The van der Waals surface area contributed by atoms with Gasteiger partial charge in [0.15, 0.2) is 11.5 Å². The van der Waals surface area contributed by atoms with Crippen LogP contribution in [-0.2, 0) is 17.9 Å². The Labute approximate surface area is 211 Å². The fraction of sp³-hybridized carbons (Fsp3) is 0.200. The quantitative estimate of drug-likeness (QED) is 0.345. The minimum atomic E-state index is -0.328. The number of hydrogen-bond donors (Lipinski definition) is 0. The van der Waals surface area contributed by atoms with Gasteiger partial charge in [0.05, 0.1) is 16.6 Å². The molecule has 0 aliphatic carbocycles. The van der Waals surface area contributed by atoms with Crippen molar-refractivity contribution in [3.8, 4) is 11.5 Å². The maximum atomic E-state index is 13.4. The zero-order valence-electron chi connectivity index (χ0n) is 18.2. The van der Waals surface area contributed by atoms with E-state index in [-0.39, 0.29) is 36.7 Å². The summed E-state index contributed by atoms with van der Waals surface area (Å²) in [6.07, 6.45) is 1.59. The molecule has 0 unspecified atom stereocenters. The lowest BCUT2D eigenvalue weighted by molar-refractivity contribution is -0.133. The van der Waals surface area contributed by atoms with Gasteiger partial charge < -0.3 is 19.3 Å². The molecule has 1 aromatic heterocycles. The highest BCUT2D eigenvalue weighted by atomic mass is 35.5. The van der Waals surface area contributed by atoms with Gasteiger partial charge in [0.1, 0.15) is 6.54 Å². The summed E-state index contributed by atoms with van der Waals surface area (Å²) in [5, 5.41) is 2.60. The lowest BCUT2D eigenvalue weighted by Gasteiger charge is -2.27. The molecule has 0 saturated heterocycles. The van der Waals surface area contributed by atoms with E-state index in [1.807, 2.05) is 35.7 Å². The Balaban J connectivity index is 1.54. The van der Waals surface area contributed by atoms with Crippen molar-refractivity contribution >= 4 is 46.4 Å². The van der Waals surface area contributed by atoms with Gasteiger partial charge in [0.2, 0.25) is 12.7 Å². The summed E-state index contributed by atoms with van der Waals surface area (Å²) in [6.45, 7) is 4.80. The van der Waals surface area contributed by atoms with Crippen LogP contribution in [0.15, 0.2) is 66.6 Å². The highest BCUT2D eigenvalue weighted by Crippen LogP contribution is 2.33. The van der Waals surface area contributed by atoms with Crippen LogP contribution in [0.5, 0.6) is 11.5 Å². The highest BCUT2D eigenvalue weighted by molar-refractivity contribution is 7.09. The van der Waals surface area contributed by atoms with E-state index in [0.29, 0.717) is 35.2 Å². The van der Waals surface area contributed by atoms with Crippen molar-refractivity contribution in [2.45, 2.75) is 13.1 Å². The fourth-order valence-corrected chi connectivity index (χ4v) is 4.55. The third kappa shape index (κ3) is 5.73. The van der Waals surface area contributed by atoms with E-state index < -0.39 is 0 Å². The molecule has 4 rings (SSSR count). The van der Waals surface area contributed by atoms with Crippen LogP contribution in [0.2, 0.25) is 10.0 Å². The van der Waals surface area contributed by atoms with Crippen LogP contribution in [0.1, 0.15) is 20.8 Å². The molecule has 0 atom stereocenters. The van der Waals surface area contributed by atoms with Crippen LogP contribution in [-0.4, -0.2) is 41.5 Å². The molecule has 0 fully saturated rings. The average Bonchev–Trinajstić information content (AvgIpc) is 3.51. The van der Waals surface area contributed by atoms with Gasteiger partial charge in [-0.1, -0.05) is 41.4 Å². The Bertz CT molecular complexity index is 1200. The SMILES string of the molecule is C=CCN(CC(=O)N(Cc1ccc2c(c1)OCO2)Cc1cccs1)C(=O)c1ccc(Cl)c(Cl)c1. The predicted octanol–water partition coefficient (Wildman–Crippen LogP) is 5.64. The monoisotopic (exact) mass is 516 g/mol. The molecular weight excluding hydrogens is 495 g/mol. The number of benzene rings is 2. The summed E-state index contributed by atoms with van der Waals surface area (Å²) in [5.41, 5.74) is 1.25. The van der Waals surface area contributed by atoms with Gasteiger partial charge in [-0.15, -0.1) is 17.9 Å². The van der Waals surface area contributed by atoms with Gasteiger partial charge in [0.25, 0.3) is 5.91 Å². The number of ether oxygens (including phenoxy) is 2. The summed E-state index contributed by atoms with van der Waals surface area (Å²) < 4.78 is 10.9. The number of fused-ring (bicyclic) bond motifs is 1. The number of rotatable bonds is 9. The molecule has 0 spiro atoms. The summed E-state index contributed by atoms with van der Waals surface area (Å²) in [4.78, 5) is 30.8. The highest BCUT2D eigenvalue weighted by Gasteiger charge is 2.24. The van der Waals surface area contributed by atoms with Gasteiger partial charge in [-0.25, -0.2) is 0 Å². The topological polar surface area (TPSA) is 59.1 Å². The molecule has 1 aliphatic heterocycles.